The fraction of sp³-hybridized carbons (Fsp3) is 0.250. The third kappa shape index (κ3) is 1.93. The number of benzene rings is 1. The predicted octanol–water partition coefficient (Wildman–Crippen LogP) is 2.80. The molecule has 106 valence electrons. The molecule has 5 nitrogen and oxygen atoms in total. The molecule has 0 spiro atoms. The van der Waals surface area contributed by atoms with Gasteiger partial charge in [-0.05, 0) is 37.3 Å². The van der Waals surface area contributed by atoms with Crippen LogP contribution in [-0.2, 0) is 7.05 Å². The standard InChI is InChI=1S/C16H15N3O2/c1-10-9-20-14-8-11(5-6-13(14)21-10)15-18-12-4-3-7-17-16(12)19(15)2/h3-8,10H,9H2,1-2H3. The van der Waals surface area contributed by atoms with Crippen LogP contribution < -0.4 is 9.47 Å². The maximum Gasteiger partial charge on any atom is 0.162 e. The van der Waals surface area contributed by atoms with Gasteiger partial charge in [-0.3, -0.25) is 0 Å². The van der Waals surface area contributed by atoms with Crippen molar-refractivity contribution in [2.45, 2.75) is 13.0 Å². The highest BCUT2D eigenvalue weighted by Gasteiger charge is 2.19. The summed E-state index contributed by atoms with van der Waals surface area (Å²) in [6, 6.07) is 9.77. The second-order valence-corrected chi connectivity index (χ2v) is 5.24. The number of ether oxygens (including phenoxy) is 2. The summed E-state index contributed by atoms with van der Waals surface area (Å²) in [6.07, 6.45) is 1.86. The maximum absolute atomic E-state index is 5.75. The SMILES string of the molecule is CC1COc2cc(-c3nc4cccnc4n3C)ccc2O1. The molecular weight excluding hydrogens is 266 g/mol. The van der Waals surface area contributed by atoms with Crippen molar-refractivity contribution in [3.63, 3.8) is 0 Å². The van der Waals surface area contributed by atoms with Crippen LogP contribution in [0.5, 0.6) is 11.5 Å². The first-order chi connectivity index (χ1) is 10.2. The zero-order valence-corrected chi connectivity index (χ0v) is 11.9. The number of fused-ring (bicyclic) bond motifs is 2. The van der Waals surface area contributed by atoms with Gasteiger partial charge >= 0.3 is 0 Å². The summed E-state index contributed by atoms with van der Waals surface area (Å²) in [5, 5.41) is 0. The molecule has 21 heavy (non-hydrogen) atoms. The lowest BCUT2D eigenvalue weighted by Crippen LogP contribution is -2.25. The van der Waals surface area contributed by atoms with Crippen molar-refractivity contribution in [3.05, 3.63) is 36.5 Å². The maximum atomic E-state index is 5.75. The van der Waals surface area contributed by atoms with Crippen LogP contribution in [0.4, 0.5) is 0 Å². The third-order valence-corrected chi connectivity index (χ3v) is 3.63. The van der Waals surface area contributed by atoms with E-state index in [9.17, 15) is 0 Å². The van der Waals surface area contributed by atoms with E-state index in [1.165, 1.54) is 0 Å². The largest absolute Gasteiger partial charge is 0.486 e. The van der Waals surface area contributed by atoms with E-state index in [0.29, 0.717) is 6.61 Å². The van der Waals surface area contributed by atoms with Crippen molar-refractivity contribution in [2.75, 3.05) is 6.61 Å². The first-order valence-corrected chi connectivity index (χ1v) is 6.94. The molecule has 1 unspecified atom stereocenters. The van der Waals surface area contributed by atoms with Gasteiger partial charge < -0.3 is 14.0 Å². The number of hydrogen-bond donors (Lipinski definition) is 0. The highest BCUT2D eigenvalue weighted by atomic mass is 16.6. The van der Waals surface area contributed by atoms with E-state index in [4.69, 9.17) is 9.47 Å². The number of hydrogen-bond acceptors (Lipinski definition) is 4. The Kier molecular flexibility index (Phi) is 2.60. The summed E-state index contributed by atoms with van der Waals surface area (Å²) in [6.45, 7) is 2.56. The van der Waals surface area contributed by atoms with Gasteiger partial charge in [-0.15, -0.1) is 0 Å². The number of nitrogens with zero attached hydrogens (tertiary/aromatic N) is 3. The van der Waals surface area contributed by atoms with Crippen LogP contribution in [0.3, 0.4) is 0 Å². The Bertz CT molecular complexity index is 826. The van der Waals surface area contributed by atoms with E-state index < -0.39 is 0 Å². The van der Waals surface area contributed by atoms with Crippen molar-refractivity contribution in [1.29, 1.82) is 0 Å². The summed E-state index contributed by atoms with van der Waals surface area (Å²) < 4.78 is 13.5. The number of rotatable bonds is 1. The first-order valence-electron chi connectivity index (χ1n) is 6.94. The second kappa shape index (κ2) is 4.48. The van der Waals surface area contributed by atoms with Gasteiger partial charge in [-0.1, -0.05) is 0 Å². The molecule has 4 rings (SSSR count). The molecule has 0 amide bonds. The monoisotopic (exact) mass is 281 g/mol. The summed E-state index contributed by atoms with van der Waals surface area (Å²) in [7, 11) is 1.97. The molecule has 0 aliphatic carbocycles. The number of aryl methyl sites for hydroxylation is 1. The van der Waals surface area contributed by atoms with Crippen LogP contribution in [0.2, 0.25) is 0 Å². The van der Waals surface area contributed by atoms with E-state index in [0.717, 1.165) is 34.1 Å². The lowest BCUT2D eigenvalue weighted by Gasteiger charge is -2.24. The van der Waals surface area contributed by atoms with Gasteiger partial charge in [0.15, 0.2) is 17.1 Å². The van der Waals surface area contributed by atoms with E-state index in [1.54, 1.807) is 6.20 Å². The second-order valence-electron chi connectivity index (χ2n) is 5.24. The van der Waals surface area contributed by atoms with Crippen LogP contribution in [0.15, 0.2) is 36.5 Å². The summed E-state index contributed by atoms with van der Waals surface area (Å²) in [4.78, 5) is 9.02. The average molecular weight is 281 g/mol. The molecule has 0 saturated carbocycles. The van der Waals surface area contributed by atoms with Crippen molar-refractivity contribution >= 4 is 11.2 Å². The van der Waals surface area contributed by atoms with Crippen LogP contribution >= 0.6 is 0 Å². The summed E-state index contributed by atoms with van der Waals surface area (Å²) in [5.41, 5.74) is 2.75. The number of aromatic nitrogens is 3. The number of imidazole rings is 1. The molecule has 3 heterocycles. The fourth-order valence-corrected chi connectivity index (χ4v) is 2.60. The van der Waals surface area contributed by atoms with Gasteiger partial charge in [0.2, 0.25) is 0 Å². The Balaban J connectivity index is 1.84. The Morgan fingerprint density at radius 2 is 2.14 bits per heavy atom. The molecule has 1 aliphatic rings. The molecule has 0 saturated heterocycles. The normalized spacial score (nSPS) is 17.1. The Morgan fingerprint density at radius 3 is 3.00 bits per heavy atom. The van der Waals surface area contributed by atoms with Gasteiger partial charge in [-0.25, -0.2) is 9.97 Å². The lowest BCUT2D eigenvalue weighted by molar-refractivity contribution is 0.104. The van der Waals surface area contributed by atoms with E-state index in [2.05, 4.69) is 9.97 Å². The van der Waals surface area contributed by atoms with Gasteiger partial charge in [0.25, 0.3) is 0 Å². The molecular formula is C16H15N3O2. The summed E-state index contributed by atoms with van der Waals surface area (Å²) in [5.74, 6) is 2.42. The highest BCUT2D eigenvalue weighted by Crippen LogP contribution is 2.35. The van der Waals surface area contributed by atoms with Crippen LogP contribution in [0.1, 0.15) is 6.92 Å². The molecule has 5 heteroatoms. The van der Waals surface area contributed by atoms with Gasteiger partial charge in [-0.2, -0.15) is 0 Å². The molecule has 0 radical (unpaired) electrons. The van der Waals surface area contributed by atoms with Gasteiger partial charge in [0.05, 0.1) is 0 Å². The molecule has 1 aliphatic heterocycles. The Hall–Kier alpha value is -2.56. The predicted molar refractivity (Wildman–Crippen MR) is 79.5 cm³/mol. The van der Waals surface area contributed by atoms with Gasteiger partial charge in [0.1, 0.15) is 24.1 Å². The molecule has 0 bridgehead atoms. The minimum atomic E-state index is 0.0864. The zero-order chi connectivity index (χ0) is 14.4. The smallest absolute Gasteiger partial charge is 0.162 e. The van der Waals surface area contributed by atoms with Crippen LogP contribution in [0.25, 0.3) is 22.6 Å². The minimum absolute atomic E-state index is 0.0864. The van der Waals surface area contributed by atoms with Crippen LogP contribution in [0, 0.1) is 0 Å². The van der Waals surface area contributed by atoms with Crippen molar-refractivity contribution < 1.29 is 9.47 Å². The minimum Gasteiger partial charge on any atom is -0.486 e. The Morgan fingerprint density at radius 1 is 1.24 bits per heavy atom. The van der Waals surface area contributed by atoms with E-state index in [-0.39, 0.29) is 6.10 Å². The van der Waals surface area contributed by atoms with Crippen LogP contribution in [-0.4, -0.2) is 27.2 Å². The van der Waals surface area contributed by atoms with Crippen molar-refractivity contribution in [2.24, 2.45) is 7.05 Å². The topological polar surface area (TPSA) is 49.2 Å². The number of pyridine rings is 1. The fourth-order valence-electron chi connectivity index (χ4n) is 2.60. The van der Waals surface area contributed by atoms with Crippen molar-refractivity contribution in [3.8, 4) is 22.9 Å². The summed E-state index contributed by atoms with van der Waals surface area (Å²) >= 11 is 0. The first kappa shape index (κ1) is 12.2. The molecule has 3 aromatic rings. The van der Waals surface area contributed by atoms with Crippen molar-refractivity contribution in [1.82, 2.24) is 14.5 Å². The molecule has 1 atom stereocenters. The van der Waals surface area contributed by atoms with E-state index in [1.807, 2.05) is 48.9 Å². The molecule has 0 N–H and O–H groups in total. The molecule has 1 aromatic carbocycles. The van der Waals surface area contributed by atoms with Gasteiger partial charge in [0, 0.05) is 18.8 Å². The Labute approximate surface area is 122 Å². The lowest BCUT2D eigenvalue weighted by atomic mass is 10.1. The highest BCUT2D eigenvalue weighted by molar-refractivity contribution is 5.77. The quantitative estimate of drug-likeness (QED) is 0.688. The average Bonchev–Trinajstić information content (AvgIpc) is 2.84. The zero-order valence-electron chi connectivity index (χ0n) is 11.9. The van der Waals surface area contributed by atoms with E-state index >= 15 is 0 Å². The molecule has 2 aromatic heterocycles. The third-order valence-electron chi connectivity index (χ3n) is 3.63. The molecule has 0 fully saturated rings.